The predicted octanol–water partition coefficient (Wildman–Crippen LogP) is 6.97. The van der Waals surface area contributed by atoms with Crippen molar-refractivity contribution in [1.29, 1.82) is 0 Å². The topological polar surface area (TPSA) is 6.48 Å². The molecule has 0 N–H and O–H groups in total. The summed E-state index contributed by atoms with van der Waals surface area (Å²) in [6.07, 6.45) is 0. The van der Waals surface area contributed by atoms with E-state index in [1.807, 2.05) is 48.5 Å². The molecule has 160 valence electrons. The van der Waals surface area contributed by atoms with Crippen LogP contribution in [0.2, 0.25) is 10.0 Å². The van der Waals surface area contributed by atoms with Gasteiger partial charge in [-0.3, -0.25) is 0 Å². The lowest BCUT2D eigenvalue weighted by Crippen LogP contribution is -2.50. The van der Waals surface area contributed by atoms with Gasteiger partial charge in [-0.2, -0.15) is 0 Å². The molecular weight excluding hydrogens is 475 g/mol. The molecule has 0 aliphatic carbocycles. The summed E-state index contributed by atoms with van der Waals surface area (Å²) in [5.41, 5.74) is 1.82. The summed E-state index contributed by atoms with van der Waals surface area (Å²) in [6.45, 7) is 3.14. The number of benzene rings is 4. The van der Waals surface area contributed by atoms with Crippen LogP contribution >= 0.6 is 47.6 Å². The van der Waals surface area contributed by atoms with Crippen LogP contribution in [0.5, 0.6) is 0 Å². The molecule has 5 rings (SSSR count). The molecule has 1 saturated heterocycles. The Morgan fingerprint density at radius 3 is 1.34 bits per heavy atom. The van der Waals surface area contributed by atoms with Gasteiger partial charge in [-0.15, -0.1) is 0 Å². The van der Waals surface area contributed by atoms with E-state index in [1.165, 1.54) is 0 Å². The molecule has 0 atom stereocenters. The van der Waals surface area contributed by atoms with Crippen molar-refractivity contribution in [1.82, 2.24) is 9.80 Å². The van der Waals surface area contributed by atoms with E-state index in [2.05, 4.69) is 34.1 Å². The summed E-state index contributed by atoms with van der Waals surface area (Å²) in [5.74, 6) is 0. The number of hydrogen-bond acceptors (Lipinski definition) is 2. The van der Waals surface area contributed by atoms with Gasteiger partial charge in [0.1, 0.15) is 9.98 Å². The van der Waals surface area contributed by atoms with E-state index in [0.717, 1.165) is 68.8 Å². The summed E-state index contributed by atoms with van der Waals surface area (Å²) in [6, 6.07) is 24.4. The summed E-state index contributed by atoms with van der Waals surface area (Å²) >= 11 is 25.1. The highest BCUT2D eigenvalue weighted by molar-refractivity contribution is 7.81. The Morgan fingerprint density at radius 2 is 0.938 bits per heavy atom. The van der Waals surface area contributed by atoms with Crippen LogP contribution in [0.3, 0.4) is 0 Å². The van der Waals surface area contributed by atoms with Crippen molar-refractivity contribution >= 4 is 79.2 Å². The molecule has 0 bridgehead atoms. The third-order valence-electron chi connectivity index (χ3n) is 6.04. The second kappa shape index (κ2) is 8.95. The van der Waals surface area contributed by atoms with Gasteiger partial charge in [0.05, 0.1) is 10.0 Å². The molecule has 6 heteroatoms. The SMILES string of the molecule is S=C(c1ccc2ccccc2c1Cl)N1CCN(C(=S)c2ccc3ccccc3c2Cl)CC1. The first kappa shape index (κ1) is 21.6. The van der Waals surface area contributed by atoms with Gasteiger partial charge < -0.3 is 9.80 Å². The first-order valence-corrected chi connectivity index (χ1v) is 12.0. The van der Waals surface area contributed by atoms with E-state index in [1.54, 1.807) is 0 Å². The van der Waals surface area contributed by atoms with Crippen molar-refractivity contribution < 1.29 is 0 Å². The van der Waals surface area contributed by atoms with Gasteiger partial charge in [-0.1, -0.05) is 108 Å². The van der Waals surface area contributed by atoms with Crippen LogP contribution in [0.1, 0.15) is 11.1 Å². The number of rotatable bonds is 2. The lowest BCUT2D eigenvalue weighted by Gasteiger charge is -2.38. The van der Waals surface area contributed by atoms with Gasteiger partial charge in [0, 0.05) is 48.1 Å². The van der Waals surface area contributed by atoms with E-state index < -0.39 is 0 Å². The van der Waals surface area contributed by atoms with Crippen molar-refractivity contribution in [2.24, 2.45) is 0 Å². The van der Waals surface area contributed by atoms with Crippen LogP contribution in [0.15, 0.2) is 72.8 Å². The van der Waals surface area contributed by atoms with Crippen molar-refractivity contribution in [3.63, 3.8) is 0 Å². The zero-order chi connectivity index (χ0) is 22.2. The van der Waals surface area contributed by atoms with Crippen LogP contribution in [0, 0.1) is 0 Å². The maximum atomic E-state index is 6.72. The molecule has 0 amide bonds. The molecule has 0 unspecified atom stereocenters. The fourth-order valence-electron chi connectivity index (χ4n) is 4.25. The summed E-state index contributed by atoms with van der Waals surface area (Å²) < 4.78 is 0. The van der Waals surface area contributed by atoms with Crippen molar-refractivity contribution in [3.8, 4) is 0 Å². The number of nitrogens with zero attached hydrogens (tertiary/aromatic N) is 2. The van der Waals surface area contributed by atoms with E-state index in [9.17, 15) is 0 Å². The molecular formula is C26H20Cl2N2S2. The molecule has 4 aromatic rings. The molecule has 1 heterocycles. The minimum atomic E-state index is 0.717. The second-order valence-corrected chi connectivity index (χ2v) is 9.41. The van der Waals surface area contributed by atoms with E-state index in [4.69, 9.17) is 47.6 Å². The van der Waals surface area contributed by atoms with Crippen LogP contribution in [-0.2, 0) is 0 Å². The Hall–Kier alpha value is -2.24. The highest BCUT2D eigenvalue weighted by atomic mass is 35.5. The quantitative estimate of drug-likeness (QED) is 0.277. The third-order valence-corrected chi connectivity index (χ3v) is 7.81. The summed E-state index contributed by atoms with van der Waals surface area (Å²) in [7, 11) is 0. The standard InChI is InChI=1S/C26H20Cl2N2S2/c27-23-19-7-3-1-5-17(19)9-11-21(23)25(31)29-13-15-30(16-14-29)26(32)22-12-10-18-6-2-4-8-20(18)24(22)28/h1-12H,13-16H2. The average Bonchev–Trinajstić information content (AvgIpc) is 2.84. The largest absolute Gasteiger partial charge is 0.359 e. The van der Waals surface area contributed by atoms with E-state index in [-0.39, 0.29) is 0 Å². The van der Waals surface area contributed by atoms with Gasteiger partial charge >= 0.3 is 0 Å². The molecule has 1 aliphatic heterocycles. The maximum absolute atomic E-state index is 6.72. The first-order chi connectivity index (χ1) is 15.5. The van der Waals surface area contributed by atoms with Crippen LogP contribution in [0.25, 0.3) is 21.5 Å². The Kier molecular flexibility index (Phi) is 6.04. The molecule has 4 aromatic carbocycles. The third kappa shape index (κ3) is 3.86. The number of fused-ring (bicyclic) bond motifs is 2. The minimum absolute atomic E-state index is 0.717. The van der Waals surface area contributed by atoms with Crippen molar-refractivity contribution in [2.75, 3.05) is 26.2 Å². The lowest BCUT2D eigenvalue weighted by molar-refractivity contribution is 0.265. The van der Waals surface area contributed by atoms with Gasteiger partial charge in [0.15, 0.2) is 0 Å². The summed E-state index contributed by atoms with van der Waals surface area (Å²) in [5, 5.41) is 5.72. The number of halogens is 2. The van der Waals surface area contributed by atoms with Crippen LogP contribution in [-0.4, -0.2) is 46.0 Å². The highest BCUT2D eigenvalue weighted by Crippen LogP contribution is 2.30. The van der Waals surface area contributed by atoms with Gasteiger partial charge in [-0.25, -0.2) is 0 Å². The smallest absolute Gasteiger partial charge is 0.110 e. The van der Waals surface area contributed by atoms with Crippen molar-refractivity contribution in [3.05, 3.63) is 94.0 Å². The normalized spacial score (nSPS) is 14.2. The Balaban J connectivity index is 1.32. The van der Waals surface area contributed by atoms with Gasteiger partial charge in [0.2, 0.25) is 0 Å². The second-order valence-electron chi connectivity index (χ2n) is 7.88. The zero-order valence-corrected chi connectivity index (χ0v) is 20.4. The van der Waals surface area contributed by atoms with E-state index >= 15 is 0 Å². The highest BCUT2D eigenvalue weighted by Gasteiger charge is 2.24. The summed E-state index contributed by atoms with van der Waals surface area (Å²) in [4.78, 5) is 6.00. The molecule has 0 spiro atoms. The first-order valence-electron chi connectivity index (χ1n) is 10.5. The molecule has 32 heavy (non-hydrogen) atoms. The number of hydrogen-bond donors (Lipinski definition) is 0. The predicted molar refractivity (Wildman–Crippen MR) is 144 cm³/mol. The van der Waals surface area contributed by atoms with Crippen molar-refractivity contribution in [2.45, 2.75) is 0 Å². The maximum Gasteiger partial charge on any atom is 0.110 e. The Bertz CT molecular complexity index is 1260. The fraction of sp³-hybridized carbons (Fsp3) is 0.154. The molecule has 0 aromatic heterocycles. The average molecular weight is 496 g/mol. The molecule has 1 fully saturated rings. The molecule has 2 nitrogen and oxygen atoms in total. The molecule has 1 aliphatic rings. The van der Waals surface area contributed by atoms with Crippen LogP contribution < -0.4 is 0 Å². The Morgan fingerprint density at radius 1 is 0.562 bits per heavy atom. The van der Waals surface area contributed by atoms with Gasteiger partial charge in [0.25, 0.3) is 0 Å². The monoisotopic (exact) mass is 494 g/mol. The van der Waals surface area contributed by atoms with E-state index in [0.29, 0.717) is 10.0 Å². The van der Waals surface area contributed by atoms with Gasteiger partial charge in [-0.05, 0) is 22.9 Å². The zero-order valence-electron chi connectivity index (χ0n) is 17.2. The number of thiocarbonyl (C=S) groups is 2. The molecule has 0 radical (unpaired) electrons. The number of piperazine rings is 1. The Labute approximate surface area is 208 Å². The fourth-order valence-corrected chi connectivity index (χ4v) is 5.72. The lowest BCUT2D eigenvalue weighted by atomic mass is 10.1. The molecule has 0 saturated carbocycles. The minimum Gasteiger partial charge on any atom is -0.359 e. The van der Waals surface area contributed by atoms with Crippen LogP contribution in [0.4, 0.5) is 0 Å².